The predicted octanol–water partition coefficient (Wildman–Crippen LogP) is 1.69. The Labute approximate surface area is 97.0 Å². The third-order valence-corrected chi connectivity index (χ3v) is 2.30. The number of rotatable bonds is 5. The smallest absolute Gasteiger partial charge is 0.406 e. The molecule has 1 aromatic carbocycles. The van der Waals surface area contributed by atoms with Crippen molar-refractivity contribution in [2.45, 2.75) is 12.8 Å². The van der Waals surface area contributed by atoms with Gasteiger partial charge >= 0.3 is 6.36 Å². The van der Waals surface area contributed by atoms with Crippen LogP contribution in [-0.2, 0) is 6.42 Å². The van der Waals surface area contributed by atoms with Crippen molar-refractivity contribution >= 4 is 0 Å². The van der Waals surface area contributed by atoms with Crippen molar-refractivity contribution in [1.29, 1.82) is 0 Å². The van der Waals surface area contributed by atoms with E-state index in [9.17, 15) is 13.2 Å². The highest BCUT2D eigenvalue weighted by atomic mass is 19.4. The second-order valence-electron chi connectivity index (χ2n) is 3.64. The van der Waals surface area contributed by atoms with Gasteiger partial charge in [0.25, 0.3) is 0 Å². The number of ether oxygens (including phenoxy) is 1. The number of alkyl halides is 3. The molecule has 0 aliphatic heterocycles. The highest BCUT2D eigenvalue weighted by Crippen LogP contribution is 2.27. The Morgan fingerprint density at radius 3 is 2.47 bits per heavy atom. The van der Waals surface area contributed by atoms with E-state index in [1.165, 1.54) is 18.2 Å². The first-order valence-electron chi connectivity index (χ1n) is 5.11. The van der Waals surface area contributed by atoms with Crippen LogP contribution in [0.25, 0.3) is 0 Å². The van der Waals surface area contributed by atoms with Gasteiger partial charge in [0.15, 0.2) is 0 Å². The van der Waals surface area contributed by atoms with Gasteiger partial charge in [-0.05, 0) is 30.5 Å². The zero-order valence-corrected chi connectivity index (χ0v) is 9.07. The Morgan fingerprint density at radius 2 is 1.94 bits per heavy atom. The SMILES string of the molecule is NCC(CO)Cc1ccccc1OC(F)(F)F. The molecule has 1 unspecified atom stereocenters. The highest BCUT2D eigenvalue weighted by molar-refractivity contribution is 5.33. The molecule has 3 N–H and O–H groups in total. The minimum Gasteiger partial charge on any atom is -0.406 e. The van der Waals surface area contributed by atoms with Crippen LogP contribution in [0.2, 0.25) is 0 Å². The van der Waals surface area contributed by atoms with Crippen molar-refractivity contribution < 1.29 is 23.0 Å². The first kappa shape index (κ1) is 13.8. The van der Waals surface area contributed by atoms with E-state index < -0.39 is 6.36 Å². The normalized spacial score (nSPS) is 13.5. The van der Waals surface area contributed by atoms with Crippen LogP contribution in [0.3, 0.4) is 0 Å². The van der Waals surface area contributed by atoms with Gasteiger partial charge in [0.2, 0.25) is 0 Å². The molecule has 0 bridgehead atoms. The number of benzene rings is 1. The molecule has 0 saturated carbocycles. The fraction of sp³-hybridized carbons (Fsp3) is 0.455. The molecule has 3 nitrogen and oxygen atoms in total. The van der Waals surface area contributed by atoms with Crippen molar-refractivity contribution in [2.75, 3.05) is 13.2 Å². The van der Waals surface area contributed by atoms with E-state index >= 15 is 0 Å². The van der Waals surface area contributed by atoms with Crippen LogP contribution in [0.1, 0.15) is 5.56 Å². The highest BCUT2D eigenvalue weighted by Gasteiger charge is 2.32. The number of aliphatic hydroxyl groups excluding tert-OH is 1. The van der Waals surface area contributed by atoms with Gasteiger partial charge in [-0.25, -0.2) is 0 Å². The first-order chi connectivity index (χ1) is 7.96. The second kappa shape index (κ2) is 5.88. The molecule has 6 heteroatoms. The van der Waals surface area contributed by atoms with Crippen LogP contribution in [0, 0.1) is 5.92 Å². The standard InChI is InChI=1S/C11H14F3NO2/c12-11(13,14)17-10-4-2-1-3-9(10)5-8(6-15)7-16/h1-4,8,16H,5-7,15H2. The molecule has 0 aliphatic carbocycles. The lowest BCUT2D eigenvalue weighted by Crippen LogP contribution is -2.22. The zero-order chi connectivity index (χ0) is 12.9. The van der Waals surface area contributed by atoms with E-state index in [0.29, 0.717) is 5.56 Å². The van der Waals surface area contributed by atoms with E-state index in [-0.39, 0.29) is 31.2 Å². The summed E-state index contributed by atoms with van der Waals surface area (Å²) in [4.78, 5) is 0. The molecular weight excluding hydrogens is 235 g/mol. The Bertz CT molecular complexity index is 351. The molecule has 0 aliphatic rings. The summed E-state index contributed by atoms with van der Waals surface area (Å²) in [6.45, 7) is 0.0354. The van der Waals surface area contributed by atoms with Crippen LogP contribution in [0.15, 0.2) is 24.3 Å². The van der Waals surface area contributed by atoms with Crippen molar-refractivity contribution in [3.8, 4) is 5.75 Å². The van der Waals surface area contributed by atoms with Crippen LogP contribution >= 0.6 is 0 Å². The number of para-hydroxylation sites is 1. The monoisotopic (exact) mass is 249 g/mol. The lowest BCUT2D eigenvalue weighted by Gasteiger charge is -2.16. The van der Waals surface area contributed by atoms with E-state index in [1.54, 1.807) is 6.07 Å². The zero-order valence-electron chi connectivity index (χ0n) is 9.07. The number of hydrogen-bond acceptors (Lipinski definition) is 3. The Balaban J connectivity index is 2.84. The Kier molecular flexibility index (Phi) is 4.77. The summed E-state index contributed by atoms with van der Waals surface area (Å²) in [6, 6.07) is 5.84. The molecule has 96 valence electrons. The van der Waals surface area contributed by atoms with Gasteiger partial charge in [-0.2, -0.15) is 0 Å². The number of aliphatic hydroxyl groups is 1. The molecule has 0 fully saturated rings. The molecule has 0 heterocycles. The number of nitrogens with two attached hydrogens (primary N) is 1. The molecule has 17 heavy (non-hydrogen) atoms. The van der Waals surface area contributed by atoms with Crippen molar-refractivity contribution in [1.82, 2.24) is 0 Å². The van der Waals surface area contributed by atoms with Crippen LogP contribution in [-0.4, -0.2) is 24.6 Å². The molecule has 0 radical (unpaired) electrons. The van der Waals surface area contributed by atoms with Crippen LogP contribution in [0.5, 0.6) is 5.75 Å². The number of halogens is 3. The maximum atomic E-state index is 12.1. The average molecular weight is 249 g/mol. The summed E-state index contributed by atoms with van der Waals surface area (Å²) in [5.41, 5.74) is 5.77. The predicted molar refractivity (Wildman–Crippen MR) is 56.5 cm³/mol. The Morgan fingerprint density at radius 1 is 1.29 bits per heavy atom. The molecule has 1 rings (SSSR count). The molecular formula is C11H14F3NO2. The van der Waals surface area contributed by atoms with Crippen LogP contribution < -0.4 is 10.5 Å². The van der Waals surface area contributed by atoms with Crippen molar-refractivity contribution in [3.05, 3.63) is 29.8 Å². The molecule has 0 saturated heterocycles. The van der Waals surface area contributed by atoms with Crippen molar-refractivity contribution in [2.24, 2.45) is 11.7 Å². The summed E-state index contributed by atoms with van der Waals surface area (Å²) >= 11 is 0. The summed E-state index contributed by atoms with van der Waals surface area (Å²) in [5.74, 6) is -0.514. The second-order valence-corrected chi connectivity index (χ2v) is 3.64. The molecule has 1 atom stereocenters. The molecule has 0 aromatic heterocycles. The maximum absolute atomic E-state index is 12.1. The van der Waals surface area contributed by atoms with Gasteiger partial charge in [0.1, 0.15) is 5.75 Å². The average Bonchev–Trinajstić information content (AvgIpc) is 2.26. The van der Waals surface area contributed by atoms with Crippen LogP contribution in [0.4, 0.5) is 13.2 Å². The van der Waals surface area contributed by atoms with E-state index in [0.717, 1.165) is 0 Å². The molecule has 0 amide bonds. The van der Waals surface area contributed by atoms with Gasteiger partial charge in [0.05, 0.1) is 0 Å². The summed E-state index contributed by atoms with van der Waals surface area (Å²) < 4.78 is 40.3. The maximum Gasteiger partial charge on any atom is 0.573 e. The summed E-state index contributed by atoms with van der Waals surface area (Å²) in [5, 5.41) is 8.97. The van der Waals surface area contributed by atoms with Gasteiger partial charge in [-0.3, -0.25) is 0 Å². The lowest BCUT2D eigenvalue weighted by atomic mass is 9.99. The molecule has 1 aromatic rings. The van der Waals surface area contributed by atoms with Gasteiger partial charge in [-0.15, -0.1) is 13.2 Å². The topological polar surface area (TPSA) is 55.5 Å². The van der Waals surface area contributed by atoms with E-state index in [1.807, 2.05) is 0 Å². The minimum atomic E-state index is -4.71. The lowest BCUT2D eigenvalue weighted by molar-refractivity contribution is -0.274. The van der Waals surface area contributed by atoms with Gasteiger partial charge in [-0.1, -0.05) is 18.2 Å². The largest absolute Gasteiger partial charge is 0.573 e. The fourth-order valence-electron chi connectivity index (χ4n) is 1.43. The summed E-state index contributed by atoms with van der Waals surface area (Å²) in [6.07, 6.45) is -4.47. The Hall–Kier alpha value is -1.27. The first-order valence-corrected chi connectivity index (χ1v) is 5.11. The quantitative estimate of drug-likeness (QED) is 0.835. The summed E-state index contributed by atoms with van der Waals surface area (Å²) in [7, 11) is 0. The van der Waals surface area contributed by atoms with Gasteiger partial charge in [0, 0.05) is 6.61 Å². The van der Waals surface area contributed by atoms with E-state index in [4.69, 9.17) is 10.8 Å². The molecule has 0 spiro atoms. The van der Waals surface area contributed by atoms with Crippen molar-refractivity contribution in [3.63, 3.8) is 0 Å². The third-order valence-electron chi connectivity index (χ3n) is 2.30. The minimum absolute atomic E-state index is 0.170. The third kappa shape index (κ3) is 4.62. The van der Waals surface area contributed by atoms with Gasteiger partial charge < -0.3 is 15.6 Å². The van der Waals surface area contributed by atoms with E-state index in [2.05, 4.69) is 4.74 Å². The number of hydrogen-bond donors (Lipinski definition) is 2. The fourth-order valence-corrected chi connectivity index (χ4v) is 1.43.